The third kappa shape index (κ3) is 2.88. The predicted molar refractivity (Wildman–Crippen MR) is 74.9 cm³/mol. The van der Waals surface area contributed by atoms with Crippen LogP contribution in [-0.2, 0) is 0 Å². The van der Waals surface area contributed by atoms with E-state index in [1.54, 1.807) is 0 Å². The maximum Gasteiger partial charge on any atom is 0.0441 e. The van der Waals surface area contributed by atoms with E-state index < -0.39 is 0 Å². The molecule has 3 heteroatoms. The minimum absolute atomic E-state index is 0.555. The van der Waals surface area contributed by atoms with Crippen molar-refractivity contribution < 1.29 is 0 Å². The SMILES string of the molecule is CNC(c1cc(Br)cs1)C1CCCC(C)C1. The van der Waals surface area contributed by atoms with Crippen molar-refractivity contribution in [3.8, 4) is 0 Å². The minimum Gasteiger partial charge on any atom is -0.312 e. The van der Waals surface area contributed by atoms with Gasteiger partial charge in [-0.15, -0.1) is 11.3 Å². The number of hydrogen-bond acceptors (Lipinski definition) is 2. The average Bonchev–Trinajstić information content (AvgIpc) is 2.66. The van der Waals surface area contributed by atoms with Crippen molar-refractivity contribution in [1.29, 1.82) is 0 Å². The first-order valence-electron chi connectivity index (χ1n) is 6.12. The van der Waals surface area contributed by atoms with Crippen LogP contribution in [-0.4, -0.2) is 7.05 Å². The van der Waals surface area contributed by atoms with Gasteiger partial charge in [0.25, 0.3) is 0 Å². The lowest BCUT2D eigenvalue weighted by Gasteiger charge is -2.32. The zero-order chi connectivity index (χ0) is 11.5. The van der Waals surface area contributed by atoms with E-state index in [0.717, 1.165) is 11.8 Å². The fourth-order valence-corrected chi connectivity index (χ4v) is 4.53. The summed E-state index contributed by atoms with van der Waals surface area (Å²) in [6.45, 7) is 2.39. The molecular weight excluding hydrogens is 282 g/mol. The summed E-state index contributed by atoms with van der Waals surface area (Å²) >= 11 is 5.42. The summed E-state index contributed by atoms with van der Waals surface area (Å²) in [7, 11) is 2.09. The molecule has 1 aliphatic carbocycles. The summed E-state index contributed by atoms with van der Waals surface area (Å²) in [5.41, 5.74) is 0. The van der Waals surface area contributed by atoms with Crippen molar-refractivity contribution in [2.45, 2.75) is 38.6 Å². The first kappa shape index (κ1) is 12.6. The molecule has 0 radical (unpaired) electrons. The molecule has 0 aliphatic heterocycles. The minimum atomic E-state index is 0.555. The van der Waals surface area contributed by atoms with E-state index in [0.29, 0.717) is 6.04 Å². The summed E-state index contributed by atoms with van der Waals surface area (Å²) in [4.78, 5) is 1.48. The molecule has 1 saturated carbocycles. The van der Waals surface area contributed by atoms with E-state index >= 15 is 0 Å². The maximum atomic E-state index is 3.55. The molecule has 3 atom stereocenters. The van der Waals surface area contributed by atoms with E-state index in [1.165, 1.54) is 35.0 Å². The molecule has 1 aliphatic rings. The number of halogens is 1. The molecule has 1 heterocycles. The van der Waals surface area contributed by atoms with Crippen LogP contribution in [0.2, 0.25) is 0 Å². The lowest BCUT2D eigenvalue weighted by Crippen LogP contribution is -2.28. The number of nitrogens with one attached hydrogen (secondary N) is 1. The lowest BCUT2D eigenvalue weighted by molar-refractivity contribution is 0.232. The van der Waals surface area contributed by atoms with Crippen LogP contribution in [0, 0.1) is 11.8 Å². The molecule has 0 bridgehead atoms. The molecule has 0 amide bonds. The van der Waals surface area contributed by atoms with Crippen LogP contribution < -0.4 is 5.32 Å². The molecule has 1 N–H and O–H groups in total. The third-order valence-corrected chi connectivity index (χ3v) is 5.43. The summed E-state index contributed by atoms with van der Waals surface area (Å²) in [5.74, 6) is 1.72. The maximum absolute atomic E-state index is 3.55. The number of thiophene rings is 1. The number of hydrogen-bond donors (Lipinski definition) is 1. The van der Waals surface area contributed by atoms with Gasteiger partial charge in [-0.3, -0.25) is 0 Å². The standard InChI is InChI=1S/C13H20BrNS/c1-9-4-3-5-10(6-9)13(15-2)12-7-11(14)8-16-12/h7-10,13,15H,3-6H2,1-2H3. The average molecular weight is 302 g/mol. The van der Waals surface area contributed by atoms with Crippen molar-refractivity contribution >= 4 is 27.3 Å². The van der Waals surface area contributed by atoms with E-state index in [4.69, 9.17) is 0 Å². The molecule has 1 fully saturated rings. The highest BCUT2D eigenvalue weighted by Crippen LogP contribution is 2.39. The smallest absolute Gasteiger partial charge is 0.0441 e. The predicted octanol–water partition coefficient (Wildman–Crippen LogP) is 4.60. The second kappa shape index (κ2) is 5.65. The second-order valence-electron chi connectivity index (χ2n) is 4.97. The van der Waals surface area contributed by atoms with Crippen LogP contribution in [0.4, 0.5) is 0 Å². The van der Waals surface area contributed by atoms with Gasteiger partial charge in [-0.1, -0.05) is 19.8 Å². The Labute approximate surface area is 111 Å². The van der Waals surface area contributed by atoms with Crippen LogP contribution in [0.15, 0.2) is 15.9 Å². The van der Waals surface area contributed by atoms with Crippen molar-refractivity contribution in [1.82, 2.24) is 5.32 Å². The third-order valence-electron chi connectivity index (χ3n) is 3.65. The van der Waals surface area contributed by atoms with E-state index in [1.807, 2.05) is 11.3 Å². The summed E-state index contributed by atoms with van der Waals surface area (Å²) in [5, 5.41) is 5.70. The van der Waals surface area contributed by atoms with Gasteiger partial charge in [0.05, 0.1) is 0 Å². The highest BCUT2D eigenvalue weighted by Gasteiger charge is 2.27. The second-order valence-corrected chi connectivity index (χ2v) is 6.82. The van der Waals surface area contributed by atoms with Crippen molar-refractivity contribution in [3.63, 3.8) is 0 Å². The van der Waals surface area contributed by atoms with Gasteiger partial charge < -0.3 is 5.32 Å². The van der Waals surface area contributed by atoms with Gasteiger partial charge in [0.1, 0.15) is 0 Å². The Morgan fingerprint density at radius 2 is 2.31 bits per heavy atom. The van der Waals surface area contributed by atoms with E-state index in [2.05, 4.69) is 46.7 Å². The Morgan fingerprint density at radius 1 is 1.50 bits per heavy atom. The highest BCUT2D eigenvalue weighted by atomic mass is 79.9. The lowest BCUT2D eigenvalue weighted by atomic mass is 9.78. The first-order chi connectivity index (χ1) is 7.70. The van der Waals surface area contributed by atoms with Gasteiger partial charge in [-0.2, -0.15) is 0 Å². The zero-order valence-corrected chi connectivity index (χ0v) is 12.4. The summed E-state index contributed by atoms with van der Waals surface area (Å²) < 4.78 is 1.22. The van der Waals surface area contributed by atoms with Gasteiger partial charge in [0.2, 0.25) is 0 Å². The molecule has 1 nitrogen and oxygen atoms in total. The topological polar surface area (TPSA) is 12.0 Å². The molecule has 1 aromatic rings. The molecule has 0 aromatic carbocycles. The highest BCUT2D eigenvalue weighted by molar-refractivity contribution is 9.10. The van der Waals surface area contributed by atoms with Crippen molar-refractivity contribution in [2.75, 3.05) is 7.05 Å². The molecule has 2 rings (SSSR count). The van der Waals surface area contributed by atoms with Gasteiger partial charge in [-0.05, 0) is 53.7 Å². The van der Waals surface area contributed by atoms with Crippen molar-refractivity contribution in [2.24, 2.45) is 11.8 Å². The Hall–Kier alpha value is 0.140. The first-order valence-corrected chi connectivity index (χ1v) is 7.79. The van der Waals surface area contributed by atoms with Crippen LogP contribution in [0.1, 0.15) is 43.5 Å². The number of rotatable bonds is 3. The van der Waals surface area contributed by atoms with Gasteiger partial charge in [0, 0.05) is 20.8 Å². The summed E-state index contributed by atoms with van der Waals surface area (Å²) in [6.07, 6.45) is 5.57. The molecule has 1 aromatic heterocycles. The monoisotopic (exact) mass is 301 g/mol. The summed E-state index contributed by atoms with van der Waals surface area (Å²) in [6, 6.07) is 2.82. The van der Waals surface area contributed by atoms with Crippen LogP contribution >= 0.6 is 27.3 Å². The van der Waals surface area contributed by atoms with Gasteiger partial charge in [0.15, 0.2) is 0 Å². The molecule has 90 valence electrons. The Balaban J connectivity index is 2.09. The van der Waals surface area contributed by atoms with Crippen LogP contribution in [0.25, 0.3) is 0 Å². The fraction of sp³-hybridized carbons (Fsp3) is 0.692. The normalized spacial score (nSPS) is 27.9. The van der Waals surface area contributed by atoms with Gasteiger partial charge >= 0.3 is 0 Å². The largest absolute Gasteiger partial charge is 0.312 e. The van der Waals surface area contributed by atoms with E-state index in [9.17, 15) is 0 Å². The molecular formula is C13H20BrNS. The van der Waals surface area contributed by atoms with Gasteiger partial charge in [-0.25, -0.2) is 0 Å². The Bertz CT molecular complexity index is 336. The van der Waals surface area contributed by atoms with Crippen molar-refractivity contribution in [3.05, 3.63) is 20.8 Å². The zero-order valence-electron chi connectivity index (χ0n) is 10.0. The molecule has 0 spiro atoms. The Kier molecular flexibility index (Phi) is 4.45. The molecule has 0 saturated heterocycles. The molecule has 16 heavy (non-hydrogen) atoms. The van der Waals surface area contributed by atoms with Crippen LogP contribution in [0.3, 0.4) is 0 Å². The van der Waals surface area contributed by atoms with Crippen LogP contribution in [0.5, 0.6) is 0 Å². The quantitative estimate of drug-likeness (QED) is 0.860. The Morgan fingerprint density at radius 3 is 2.88 bits per heavy atom. The van der Waals surface area contributed by atoms with E-state index in [-0.39, 0.29) is 0 Å². The fourth-order valence-electron chi connectivity index (χ4n) is 2.89. The molecule has 3 unspecified atom stereocenters.